The lowest BCUT2D eigenvalue weighted by molar-refractivity contribution is -0.0473. The Kier molecular flexibility index (Phi) is 2.68. The summed E-state index contributed by atoms with van der Waals surface area (Å²) in [6, 6.07) is 6.91. The van der Waals surface area contributed by atoms with Gasteiger partial charge in [0.25, 0.3) is 0 Å². The zero-order chi connectivity index (χ0) is 17.0. The topological polar surface area (TPSA) is 21.8 Å². The molecule has 134 valence electrons. The van der Waals surface area contributed by atoms with Crippen molar-refractivity contribution < 1.29 is 9.47 Å². The first kappa shape index (κ1) is 15.1. The average Bonchev–Trinajstić information content (AvgIpc) is 3.54. The summed E-state index contributed by atoms with van der Waals surface area (Å²) in [7, 11) is 1.79. The molecule has 6 rings (SSSR count). The van der Waals surface area contributed by atoms with Crippen LogP contribution >= 0.6 is 0 Å². The summed E-state index contributed by atoms with van der Waals surface area (Å²) in [4.78, 5) is 0. The van der Waals surface area contributed by atoms with E-state index in [0.29, 0.717) is 10.8 Å². The van der Waals surface area contributed by atoms with Crippen molar-refractivity contribution in [3.05, 3.63) is 29.3 Å². The maximum absolute atomic E-state index is 6.16. The number of hydrogen-bond donors (Lipinski definition) is 0. The van der Waals surface area contributed by atoms with Crippen LogP contribution in [0, 0.1) is 28.6 Å². The molecule has 0 bridgehead atoms. The summed E-state index contributed by atoms with van der Waals surface area (Å²) in [6.07, 6.45) is 8.14. The lowest BCUT2D eigenvalue weighted by Crippen LogP contribution is -2.51. The van der Waals surface area contributed by atoms with E-state index in [1.54, 1.807) is 18.2 Å². The second-order valence-electron chi connectivity index (χ2n) is 9.87. The van der Waals surface area contributed by atoms with Gasteiger partial charge in [0.2, 0.25) is 0 Å². The number of fused-ring (bicyclic) bond motifs is 4. The van der Waals surface area contributed by atoms with Crippen LogP contribution in [0.1, 0.15) is 63.0 Å². The predicted octanol–water partition coefficient (Wildman–Crippen LogP) is 4.96. The highest BCUT2D eigenvalue weighted by Crippen LogP contribution is 2.87. The molecule has 0 N–H and O–H groups in total. The van der Waals surface area contributed by atoms with Crippen molar-refractivity contribution in [1.29, 1.82) is 0 Å². The van der Waals surface area contributed by atoms with Crippen LogP contribution in [0.5, 0.6) is 5.75 Å². The van der Waals surface area contributed by atoms with Crippen LogP contribution in [0.15, 0.2) is 18.2 Å². The van der Waals surface area contributed by atoms with E-state index in [1.165, 1.54) is 38.5 Å². The Morgan fingerprint density at radius 3 is 2.84 bits per heavy atom. The fourth-order valence-corrected chi connectivity index (χ4v) is 8.22. The molecule has 1 aromatic rings. The van der Waals surface area contributed by atoms with E-state index in [9.17, 15) is 0 Å². The van der Waals surface area contributed by atoms with Gasteiger partial charge in [-0.25, -0.2) is 0 Å². The first-order valence-electron chi connectivity index (χ1n) is 10.4. The molecule has 7 atom stereocenters. The lowest BCUT2D eigenvalue weighted by atomic mass is 9.48. The molecule has 1 saturated heterocycles. The Morgan fingerprint density at radius 1 is 1.28 bits per heavy atom. The van der Waals surface area contributed by atoms with Gasteiger partial charge < -0.3 is 9.47 Å². The van der Waals surface area contributed by atoms with Crippen molar-refractivity contribution in [2.75, 3.05) is 13.7 Å². The van der Waals surface area contributed by atoms with Gasteiger partial charge in [-0.2, -0.15) is 0 Å². The summed E-state index contributed by atoms with van der Waals surface area (Å²) >= 11 is 0. The molecule has 25 heavy (non-hydrogen) atoms. The minimum absolute atomic E-state index is 0.277. The number of benzene rings is 1. The van der Waals surface area contributed by atoms with Crippen molar-refractivity contribution >= 4 is 0 Å². The molecule has 4 aliphatic carbocycles. The Morgan fingerprint density at radius 2 is 2.12 bits per heavy atom. The summed E-state index contributed by atoms with van der Waals surface area (Å²) in [6.45, 7) is 6.08. The summed E-state index contributed by atoms with van der Waals surface area (Å²) in [5.74, 6) is 4.46. The number of epoxide rings is 1. The zero-order valence-corrected chi connectivity index (χ0v) is 15.8. The van der Waals surface area contributed by atoms with Gasteiger partial charge in [0.15, 0.2) is 0 Å². The number of hydrogen-bond acceptors (Lipinski definition) is 2. The smallest absolute Gasteiger partial charge is 0.119 e. The van der Waals surface area contributed by atoms with Crippen molar-refractivity contribution in [3.8, 4) is 5.75 Å². The lowest BCUT2D eigenvalue weighted by Gasteiger charge is -2.55. The van der Waals surface area contributed by atoms with Crippen LogP contribution in [0.25, 0.3) is 0 Å². The maximum Gasteiger partial charge on any atom is 0.119 e. The zero-order valence-electron chi connectivity index (χ0n) is 15.8. The van der Waals surface area contributed by atoms with Crippen LogP contribution in [0.3, 0.4) is 0 Å². The van der Waals surface area contributed by atoms with Gasteiger partial charge in [0, 0.05) is 5.41 Å². The fraction of sp³-hybridized carbons (Fsp3) is 0.739. The van der Waals surface area contributed by atoms with E-state index < -0.39 is 0 Å². The fourth-order valence-electron chi connectivity index (χ4n) is 8.22. The van der Waals surface area contributed by atoms with E-state index in [1.807, 2.05) is 0 Å². The second-order valence-corrected chi connectivity index (χ2v) is 9.87. The third-order valence-electron chi connectivity index (χ3n) is 9.50. The van der Waals surface area contributed by atoms with Gasteiger partial charge in [-0.05, 0) is 84.5 Å². The molecule has 2 heteroatoms. The predicted molar refractivity (Wildman–Crippen MR) is 97.9 cm³/mol. The van der Waals surface area contributed by atoms with Crippen LogP contribution in [0.2, 0.25) is 0 Å². The Bertz CT molecular complexity index is 750. The molecule has 0 amide bonds. The highest BCUT2D eigenvalue weighted by molar-refractivity contribution is 5.44. The molecule has 2 spiro atoms. The SMILES string of the molecule is CC[C@@H]1Cc2cc(OC)ccc2[C@H]2CC[C@]3(C)[C@]4(CO4)C[C@@H]4C[C@]43[C@H]12. The third-order valence-corrected chi connectivity index (χ3v) is 9.50. The molecular weight excluding hydrogens is 308 g/mol. The molecule has 1 aliphatic heterocycles. The number of rotatable bonds is 2. The molecule has 2 nitrogen and oxygen atoms in total. The van der Waals surface area contributed by atoms with Crippen molar-refractivity contribution in [2.24, 2.45) is 28.6 Å². The van der Waals surface area contributed by atoms with E-state index in [2.05, 4.69) is 32.0 Å². The van der Waals surface area contributed by atoms with E-state index >= 15 is 0 Å². The van der Waals surface area contributed by atoms with Gasteiger partial charge in [-0.1, -0.05) is 26.3 Å². The monoisotopic (exact) mass is 338 g/mol. The van der Waals surface area contributed by atoms with Crippen LogP contribution in [-0.4, -0.2) is 19.3 Å². The molecule has 4 fully saturated rings. The summed E-state index contributed by atoms with van der Waals surface area (Å²) in [5.41, 5.74) is 4.53. The van der Waals surface area contributed by atoms with Crippen LogP contribution < -0.4 is 4.74 Å². The van der Waals surface area contributed by atoms with Gasteiger partial charge >= 0.3 is 0 Å². The molecule has 1 heterocycles. The Balaban J connectivity index is 1.48. The normalized spacial score (nSPS) is 51.3. The molecule has 0 unspecified atom stereocenters. The van der Waals surface area contributed by atoms with E-state index in [4.69, 9.17) is 9.47 Å². The number of methoxy groups -OCH3 is 1. The van der Waals surface area contributed by atoms with Crippen molar-refractivity contribution in [2.45, 2.75) is 63.9 Å². The Labute approximate surface area is 151 Å². The molecule has 0 radical (unpaired) electrons. The van der Waals surface area contributed by atoms with Crippen LogP contribution in [0.4, 0.5) is 0 Å². The van der Waals surface area contributed by atoms with Crippen molar-refractivity contribution in [1.82, 2.24) is 0 Å². The summed E-state index contributed by atoms with van der Waals surface area (Å²) < 4.78 is 11.7. The first-order valence-corrected chi connectivity index (χ1v) is 10.4. The van der Waals surface area contributed by atoms with Gasteiger partial charge in [0.05, 0.1) is 19.3 Å². The molecular formula is C23H30O2. The molecule has 1 aromatic carbocycles. The van der Waals surface area contributed by atoms with Gasteiger partial charge in [0.1, 0.15) is 5.75 Å². The molecule has 0 aromatic heterocycles. The van der Waals surface area contributed by atoms with Crippen LogP contribution in [-0.2, 0) is 11.2 Å². The Hall–Kier alpha value is -1.02. The molecule has 5 aliphatic rings. The summed E-state index contributed by atoms with van der Waals surface area (Å²) in [5, 5.41) is 0. The third kappa shape index (κ3) is 1.54. The number of ether oxygens (including phenoxy) is 2. The minimum Gasteiger partial charge on any atom is -0.497 e. The molecule has 3 saturated carbocycles. The largest absolute Gasteiger partial charge is 0.497 e. The first-order chi connectivity index (χ1) is 12.1. The minimum atomic E-state index is 0.277. The second kappa shape index (κ2) is 4.44. The highest BCUT2D eigenvalue weighted by atomic mass is 16.6. The quantitative estimate of drug-likeness (QED) is 0.711. The van der Waals surface area contributed by atoms with E-state index in [-0.39, 0.29) is 5.60 Å². The van der Waals surface area contributed by atoms with E-state index in [0.717, 1.165) is 36.0 Å². The van der Waals surface area contributed by atoms with Gasteiger partial charge in [-0.3, -0.25) is 0 Å². The highest BCUT2D eigenvalue weighted by Gasteiger charge is 2.85. The van der Waals surface area contributed by atoms with Gasteiger partial charge in [-0.15, -0.1) is 0 Å². The van der Waals surface area contributed by atoms with Crippen molar-refractivity contribution in [3.63, 3.8) is 0 Å². The standard InChI is InChI=1S/C23H30O2/c1-4-14-9-15-10-17(24-3)5-6-18(15)19-7-8-21(2)22(13-25-22)11-16-12-23(16,21)20(14)19/h5-6,10,14,16,19-20H,4,7-9,11-13H2,1-3H3/t14-,16-,19-,20-,21-,22-,23-/m1/s1. The average molecular weight is 338 g/mol. The maximum atomic E-state index is 6.16.